The highest BCUT2D eigenvalue weighted by atomic mass is 79.9. The number of nitrogens with zero attached hydrogens (tertiary/aromatic N) is 1. The van der Waals surface area contributed by atoms with Crippen LogP contribution in [0.5, 0.6) is 0 Å². The third-order valence-corrected chi connectivity index (χ3v) is 4.40. The number of aliphatic imine (C=N–C) groups is 1. The summed E-state index contributed by atoms with van der Waals surface area (Å²) in [6.45, 7) is 3.85. The first kappa shape index (κ1) is 14.3. The Morgan fingerprint density at radius 1 is 1.19 bits per heavy atom. The summed E-state index contributed by atoms with van der Waals surface area (Å²) in [5.41, 5.74) is 4.62. The Kier molecular flexibility index (Phi) is 3.59. The number of nitrogens with one attached hydrogen (secondary N) is 1. The fourth-order valence-electron chi connectivity index (χ4n) is 2.32. The van der Waals surface area contributed by atoms with E-state index >= 15 is 0 Å². The van der Waals surface area contributed by atoms with Gasteiger partial charge >= 0.3 is 0 Å². The molecular formula is C16H12BrClN2O. The molecule has 0 bridgehead atoms. The molecule has 0 aliphatic carbocycles. The Bertz CT molecular complexity index is 799. The summed E-state index contributed by atoms with van der Waals surface area (Å²) in [5.74, 6) is -0.197. The lowest BCUT2D eigenvalue weighted by atomic mass is 10.1. The molecule has 0 atom stereocenters. The number of rotatable bonds is 1. The molecule has 1 amide bonds. The number of anilines is 1. The normalized spacial score (nSPS) is 15.2. The van der Waals surface area contributed by atoms with Gasteiger partial charge in [0.2, 0.25) is 0 Å². The molecule has 2 aromatic carbocycles. The molecule has 1 aliphatic heterocycles. The van der Waals surface area contributed by atoms with E-state index in [1.54, 1.807) is 6.07 Å². The number of halogens is 2. The van der Waals surface area contributed by atoms with Gasteiger partial charge in [-0.1, -0.05) is 27.5 Å². The summed E-state index contributed by atoms with van der Waals surface area (Å²) in [7, 11) is 0. The van der Waals surface area contributed by atoms with E-state index in [2.05, 4.69) is 26.2 Å². The topological polar surface area (TPSA) is 41.5 Å². The molecule has 0 saturated carbocycles. The minimum Gasteiger partial charge on any atom is -0.320 e. The number of hydrogen-bond donors (Lipinski definition) is 1. The second kappa shape index (κ2) is 5.28. The minimum absolute atomic E-state index is 0.197. The number of amides is 1. The van der Waals surface area contributed by atoms with E-state index in [0.717, 1.165) is 32.5 Å². The summed E-state index contributed by atoms with van der Waals surface area (Å²) in [4.78, 5) is 16.7. The molecule has 21 heavy (non-hydrogen) atoms. The van der Waals surface area contributed by atoms with Gasteiger partial charge in [-0.05, 0) is 55.3 Å². The number of aryl methyl sites for hydroxylation is 1. The lowest BCUT2D eigenvalue weighted by molar-refractivity contribution is -0.110. The van der Waals surface area contributed by atoms with Gasteiger partial charge in [0, 0.05) is 15.1 Å². The Balaban J connectivity index is 2.15. The molecule has 1 heterocycles. The zero-order valence-electron chi connectivity index (χ0n) is 11.5. The summed E-state index contributed by atoms with van der Waals surface area (Å²) < 4.78 is 0.989. The van der Waals surface area contributed by atoms with Crippen LogP contribution < -0.4 is 5.32 Å². The maximum Gasteiger partial charge on any atom is 0.275 e. The van der Waals surface area contributed by atoms with Crippen molar-refractivity contribution in [1.29, 1.82) is 0 Å². The number of carbonyl (C=O) groups is 1. The van der Waals surface area contributed by atoms with Gasteiger partial charge in [-0.2, -0.15) is 0 Å². The highest BCUT2D eigenvalue weighted by Gasteiger charge is 2.28. The highest BCUT2D eigenvalue weighted by molar-refractivity contribution is 9.10. The molecular weight excluding hydrogens is 352 g/mol. The van der Waals surface area contributed by atoms with Crippen LogP contribution in [0.3, 0.4) is 0 Å². The predicted octanol–water partition coefficient (Wildman–Crippen LogP) is 4.79. The van der Waals surface area contributed by atoms with Crippen molar-refractivity contribution >= 4 is 50.5 Å². The summed E-state index contributed by atoms with van der Waals surface area (Å²) in [6.07, 6.45) is 0. The smallest absolute Gasteiger partial charge is 0.275 e. The molecule has 0 unspecified atom stereocenters. The molecule has 1 N–H and O–H groups in total. The first-order valence-electron chi connectivity index (χ1n) is 6.43. The van der Waals surface area contributed by atoms with E-state index < -0.39 is 0 Å². The number of carbonyl (C=O) groups excluding carboxylic acids is 1. The van der Waals surface area contributed by atoms with Gasteiger partial charge in [0.05, 0.1) is 11.4 Å². The van der Waals surface area contributed by atoms with Gasteiger partial charge in [-0.3, -0.25) is 4.79 Å². The summed E-state index contributed by atoms with van der Waals surface area (Å²) in [6, 6.07) is 9.39. The van der Waals surface area contributed by atoms with Crippen LogP contribution in [-0.2, 0) is 4.79 Å². The first-order chi connectivity index (χ1) is 9.97. The summed E-state index contributed by atoms with van der Waals surface area (Å²) in [5, 5.41) is 3.48. The second-order valence-electron chi connectivity index (χ2n) is 4.94. The zero-order chi connectivity index (χ0) is 15.1. The average Bonchev–Trinajstić information content (AvgIpc) is 2.75. The van der Waals surface area contributed by atoms with Gasteiger partial charge in [-0.15, -0.1) is 0 Å². The zero-order valence-corrected chi connectivity index (χ0v) is 13.8. The van der Waals surface area contributed by atoms with Crippen molar-refractivity contribution in [2.24, 2.45) is 4.99 Å². The second-order valence-corrected chi connectivity index (χ2v) is 6.26. The van der Waals surface area contributed by atoms with Crippen LogP contribution in [0.15, 0.2) is 39.8 Å². The third kappa shape index (κ3) is 2.49. The van der Waals surface area contributed by atoms with Gasteiger partial charge in [0.15, 0.2) is 0 Å². The van der Waals surface area contributed by atoms with Crippen molar-refractivity contribution in [3.63, 3.8) is 0 Å². The molecule has 106 valence electrons. The average molecular weight is 364 g/mol. The Morgan fingerprint density at radius 2 is 1.95 bits per heavy atom. The van der Waals surface area contributed by atoms with Crippen LogP contribution in [0.25, 0.3) is 0 Å². The van der Waals surface area contributed by atoms with Crippen LogP contribution >= 0.6 is 27.5 Å². The molecule has 0 saturated heterocycles. The quantitative estimate of drug-likeness (QED) is 0.777. The van der Waals surface area contributed by atoms with Crippen LogP contribution in [-0.4, -0.2) is 11.6 Å². The fraction of sp³-hybridized carbons (Fsp3) is 0.125. The fourth-order valence-corrected chi connectivity index (χ4v) is 2.95. The van der Waals surface area contributed by atoms with Crippen LogP contribution in [0.2, 0.25) is 5.02 Å². The third-order valence-electron chi connectivity index (χ3n) is 3.50. The maximum atomic E-state index is 12.2. The van der Waals surface area contributed by atoms with Crippen LogP contribution in [0.1, 0.15) is 16.7 Å². The molecule has 0 fully saturated rings. The van der Waals surface area contributed by atoms with E-state index in [-0.39, 0.29) is 5.91 Å². The Hall–Kier alpha value is -1.65. The van der Waals surface area contributed by atoms with Crippen molar-refractivity contribution in [3.05, 3.63) is 56.5 Å². The maximum absolute atomic E-state index is 12.2. The van der Waals surface area contributed by atoms with E-state index in [4.69, 9.17) is 11.6 Å². The number of benzene rings is 2. The SMILES string of the molecule is Cc1cc(Br)ccc1N=C1C(=O)Nc2c1ccc(Cl)c2C. The first-order valence-corrected chi connectivity index (χ1v) is 7.60. The standard InChI is InChI=1S/C16H12BrClN2O/c1-8-7-10(17)3-6-13(8)19-15-11-4-5-12(18)9(2)14(11)20-16(15)21/h3-7H,1-2H3,(H,19,20,21). The molecule has 2 aromatic rings. The minimum atomic E-state index is -0.197. The Labute approximate surface area is 136 Å². The molecule has 3 rings (SSSR count). The molecule has 0 radical (unpaired) electrons. The Morgan fingerprint density at radius 3 is 2.67 bits per heavy atom. The van der Waals surface area contributed by atoms with Gasteiger partial charge < -0.3 is 5.32 Å². The lowest BCUT2D eigenvalue weighted by Crippen LogP contribution is -2.14. The van der Waals surface area contributed by atoms with Crippen molar-refractivity contribution in [2.75, 3.05) is 5.32 Å². The van der Waals surface area contributed by atoms with Crippen molar-refractivity contribution in [2.45, 2.75) is 13.8 Å². The predicted molar refractivity (Wildman–Crippen MR) is 89.9 cm³/mol. The number of hydrogen-bond acceptors (Lipinski definition) is 2. The molecule has 0 spiro atoms. The molecule has 5 heteroatoms. The van der Waals surface area contributed by atoms with Gasteiger partial charge in [-0.25, -0.2) is 4.99 Å². The van der Waals surface area contributed by atoms with E-state index in [0.29, 0.717) is 10.7 Å². The van der Waals surface area contributed by atoms with Crippen molar-refractivity contribution < 1.29 is 4.79 Å². The van der Waals surface area contributed by atoms with E-state index in [9.17, 15) is 4.79 Å². The van der Waals surface area contributed by atoms with Gasteiger partial charge in [0.1, 0.15) is 5.71 Å². The molecule has 3 nitrogen and oxygen atoms in total. The molecule has 1 aliphatic rings. The monoisotopic (exact) mass is 362 g/mol. The van der Waals surface area contributed by atoms with E-state index in [1.165, 1.54) is 0 Å². The summed E-state index contributed by atoms with van der Waals surface area (Å²) >= 11 is 9.52. The lowest BCUT2D eigenvalue weighted by Gasteiger charge is -2.05. The number of fused-ring (bicyclic) bond motifs is 1. The van der Waals surface area contributed by atoms with E-state index in [1.807, 2.05) is 38.1 Å². The van der Waals surface area contributed by atoms with Crippen LogP contribution in [0, 0.1) is 13.8 Å². The van der Waals surface area contributed by atoms with Crippen molar-refractivity contribution in [1.82, 2.24) is 0 Å². The van der Waals surface area contributed by atoms with Crippen molar-refractivity contribution in [3.8, 4) is 0 Å². The van der Waals surface area contributed by atoms with Crippen LogP contribution in [0.4, 0.5) is 11.4 Å². The largest absolute Gasteiger partial charge is 0.320 e. The van der Waals surface area contributed by atoms with Gasteiger partial charge in [0.25, 0.3) is 5.91 Å². The molecule has 0 aromatic heterocycles. The highest BCUT2D eigenvalue weighted by Crippen LogP contribution is 2.33.